The molecule has 4 heterocycles. The van der Waals surface area contributed by atoms with Crippen LogP contribution >= 0.6 is 0 Å². The van der Waals surface area contributed by atoms with Crippen LogP contribution in [0, 0.1) is 5.92 Å². The first-order valence-electron chi connectivity index (χ1n) is 11.0. The number of carbonyl (C=O) groups is 2. The van der Waals surface area contributed by atoms with Crippen molar-refractivity contribution >= 4 is 23.6 Å². The summed E-state index contributed by atoms with van der Waals surface area (Å²) in [7, 11) is 0. The largest absolute Gasteiger partial charge is 0.371 e. The predicted molar refractivity (Wildman–Crippen MR) is 120 cm³/mol. The fourth-order valence-corrected chi connectivity index (χ4v) is 4.41. The first-order valence-corrected chi connectivity index (χ1v) is 11.0. The average Bonchev–Trinajstić information content (AvgIpc) is 3.22. The Bertz CT molecular complexity index is 918. The Hall–Kier alpha value is -3.22. The Morgan fingerprint density at radius 1 is 1.03 bits per heavy atom. The van der Waals surface area contributed by atoms with Gasteiger partial charge in [-0.25, -0.2) is 0 Å². The van der Waals surface area contributed by atoms with Crippen LogP contribution in [-0.4, -0.2) is 70.3 Å². The molecule has 7 heteroatoms. The number of carbonyl (C=O) groups excluding carboxylic acids is 2. The number of anilines is 1. The first kappa shape index (κ1) is 21.0. The molecule has 2 unspecified atom stereocenters. The van der Waals surface area contributed by atoms with Gasteiger partial charge in [-0.05, 0) is 50.1 Å². The average molecular weight is 420 g/mol. The maximum Gasteiger partial charge on any atom is 0.246 e. The molecule has 2 fully saturated rings. The highest BCUT2D eigenvalue weighted by molar-refractivity contribution is 5.91. The zero-order chi connectivity index (χ0) is 21.6. The summed E-state index contributed by atoms with van der Waals surface area (Å²) in [6, 6.07) is 9.59. The fourth-order valence-electron chi connectivity index (χ4n) is 4.41. The van der Waals surface area contributed by atoms with Gasteiger partial charge in [-0.3, -0.25) is 19.6 Å². The van der Waals surface area contributed by atoms with Crippen LogP contribution in [0.2, 0.25) is 0 Å². The number of rotatable bonds is 4. The van der Waals surface area contributed by atoms with Crippen molar-refractivity contribution in [1.29, 1.82) is 0 Å². The van der Waals surface area contributed by atoms with Gasteiger partial charge in [0, 0.05) is 69.1 Å². The normalized spacial score (nSPS) is 22.0. The second-order valence-corrected chi connectivity index (χ2v) is 8.24. The zero-order valence-electron chi connectivity index (χ0n) is 17.9. The van der Waals surface area contributed by atoms with Crippen molar-refractivity contribution < 1.29 is 9.59 Å². The molecule has 7 nitrogen and oxygen atoms in total. The molecule has 2 aromatic rings. The third-order valence-corrected chi connectivity index (χ3v) is 6.09. The van der Waals surface area contributed by atoms with Crippen LogP contribution in [0.4, 0.5) is 5.69 Å². The molecule has 0 aliphatic carbocycles. The van der Waals surface area contributed by atoms with Gasteiger partial charge in [0.15, 0.2) is 0 Å². The molecule has 2 saturated heterocycles. The maximum absolute atomic E-state index is 13.3. The van der Waals surface area contributed by atoms with Crippen molar-refractivity contribution in [2.45, 2.75) is 25.8 Å². The van der Waals surface area contributed by atoms with Crippen LogP contribution < -0.4 is 4.90 Å². The van der Waals surface area contributed by atoms with Gasteiger partial charge < -0.3 is 14.7 Å². The van der Waals surface area contributed by atoms with E-state index in [1.54, 1.807) is 30.7 Å². The van der Waals surface area contributed by atoms with E-state index in [0.717, 1.165) is 37.3 Å². The highest BCUT2D eigenvalue weighted by Crippen LogP contribution is 2.26. The van der Waals surface area contributed by atoms with Gasteiger partial charge in [0.25, 0.3) is 0 Å². The molecule has 2 aliphatic heterocycles. The van der Waals surface area contributed by atoms with E-state index in [9.17, 15) is 9.59 Å². The summed E-state index contributed by atoms with van der Waals surface area (Å²) >= 11 is 0. The smallest absolute Gasteiger partial charge is 0.246 e. The molecule has 0 spiro atoms. The van der Waals surface area contributed by atoms with Crippen LogP contribution in [0.15, 0.2) is 55.0 Å². The van der Waals surface area contributed by atoms with Crippen molar-refractivity contribution in [3.05, 3.63) is 60.7 Å². The summed E-state index contributed by atoms with van der Waals surface area (Å²) in [4.78, 5) is 40.4. The molecule has 2 aliphatic rings. The predicted octanol–water partition coefficient (Wildman–Crippen LogP) is 2.47. The molecule has 162 valence electrons. The molecule has 4 rings (SSSR count). The van der Waals surface area contributed by atoms with Gasteiger partial charge in [-0.1, -0.05) is 6.07 Å². The number of pyridine rings is 2. The van der Waals surface area contributed by atoms with Crippen molar-refractivity contribution in [1.82, 2.24) is 19.8 Å². The van der Waals surface area contributed by atoms with Crippen LogP contribution in [-0.2, 0) is 9.59 Å². The molecule has 2 aromatic heterocycles. The molecular weight excluding hydrogens is 390 g/mol. The first-order chi connectivity index (χ1) is 15.1. The fraction of sp³-hybridized carbons (Fsp3) is 0.417. The molecule has 0 bridgehead atoms. The van der Waals surface area contributed by atoms with Gasteiger partial charge in [0.1, 0.15) is 0 Å². The second-order valence-electron chi connectivity index (χ2n) is 8.24. The van der Waals surface area contributed by atoms with E-state index < -0.39 is 0 Å². The molecule has 2 amide bonds. The lowest BCUT2D eigenvalue weighted by Gasteiger charge is -2.31. The van der Waals surface area contributed by atoms with E-state index in [0.29, 0.717) is 19.6 Å². The topological polar surface area (TPSA) is 69.6 Å². The van der Waals surface area contributed by atoms with E-state index in [2.05, 4.69) is 14.9 Å². The Morgan fingerprint density at radius 2 is 1.87 bits per heavy atom. The number of aromatic nitrogens is 2. The van der Waals surface area contributed by atoms with Crippen molar-refractivity contribution in [3.63, 3.8) is 0 Å². The van der Waals surface area contributed by atoms with Crippen molar-refractivity contribution in [3.8, 4) is 0 Å². The third kappa shape index (κ3) is 5.10. The highest BCUT2D eigenvalue weighted by atomic mass is 16.2. The highest BCUT2D eigenvalue weighted by Gasteiger charge is 2.35. The van der Waals surface area contributed by atoms with Crippen molar-refractivity contribution in [2.24, 2.45) is 5.92 Å². The summed E-state index contributed by atoms with van der Waals surface area (Å²) in [5.41, 5.74) is 1.88. The molecule has 0 radical (unpaired) electrons. The second kappa shape index (κ2) is 9.73. The van der Waals surface area contributed by atoms with Gasteiger partial charge in [0.2, 0.25) is 11.8 Å². The van der Waals surface area contributed by atoms with Crippen LogP contribution in [0.3, 0.4) is 0 Å². The van der Waals surface area contributed by atoms with Gasteiger partial charge >= 0.3 is 0 Å². The molecular formula is C24H29N5O2. The molecule has 0 N–H and O–H groups in total. The number of amides is 2. The summed E-state index contributed by atoms with van der Waals surface area (Å²) in [5.74, 6) is 0.181. The van der Waals surface area contributed by atoms with Crippen LogP contribution in [0.1, 0.15) is 25.5 Å². The Labute approximate surface area is 183 Å². The minimum absolute atomic E-state index is 0.00178. The van der Waals surface area contributed by atoms with Gasteiger partial charge in [-0.2, -0.15) is 0 Å². The van der Waals surface area contributed by atoms with E-state index in [4.69, 9.17) is 0 Å². The minimum atomic E-state index is -0.0310. The lowest BCUT2D eigenvalue weighted by atomic mass is 10.1. The van der Waals surface area contributed by atoms with E-state index in [1.165, 1.54) is 0 Å². The lowest BCUT2D eigenvalue weighted by Crippen LogP contribution is -2.46. The van der Waals surface area contributed by atoms with E-state index in [-0.39, 0.29) is 23.8 Å². The third-order valence-electron chi connectivity index (χ3n) is 6.09. The number of hydrogen-bond donors (Lipinski definition) is 0. The Kier molecular flexibility index (Phi) is 6.60. The number of hydrogen-bond acceptors (Lipinski definition) is 5. The molecule has 0 aromatic carbocycles. The minimum Gasteiger partial charge on any atom is -0.371 e. The van der Waals surface area contributed by atoms with E-state index >= 15 is 0 Å². The van der Waals surface area contributed by atoms with E-state index in [1.807, 2.05) is 47.1 Å². The van der Waals surface area contributed by atoms with Crippen LogP contribution in [0.5, 0.6) is 0 Å². The van der Waals surface area contributed by atoms with Gasteiger partial charge in [-0.15, -0.1) is 0 Å². The lowest BCUT2D eigenvalue weighted by molar-refractivity contribution is -0.137. The summed E-state index contributed by atoms with van der Waals surface area (Å²) in [6.07, 6.45) is 10.3. The zero-order valence-corrected chi connectivity index (χ0v) is 17.9. The monoisotopic (exact) mass is 419 g/mol. The summed E-state index contributed by atoms with van der Waals surface area (Å²) in [5, 5.41) is 0. The molecule has 2 atom stereocenters. The Balaban J connectivity index is 1.35. The SMILES string of the molecule is CC1CN(C(=O)/C=C/c2ccccn2)CCCN1C(=O)C1CCN(c2ccncc2)C1. The summed E-state index contributed by atoms with van der Waals surface area (Å²) in [6.45, 7) is 5.57. The summed E-state index contributed by atoms with van der Waals surface area (Å²) < 4.78 is 0. The maximum atomic E-state index is 13.3. The van der Waals surface area contributed by atoms with Gasteiger partial charge in [0.05, 0.1) is 11.6 Å². The molecule has 31 heavy (non-hydrogen) atoms. The standard InChI is InChI=1S/C24H29N5O2/c1-19-17-28(23(30)7-6-21-5-2-3-11-26-21)14-4-15-29(19)24(31)20-10-16-27(18-20)22-8-12-25-13-9-22/h2-3,5-9,11-13,19-20H,4,10,14-18H2,1H3/b7-6+. The quantitative estimate of drug-likeness (QED) is 0.712. The molecule has 0 saturated carbocycles. The van der Waals surface area contributed by atoms with Crippen molar-refractivity contribution in [2.75, 3.05) is 37.6 Å². The number of nitrogens with zero attached hydrogens (tertiary/aromatic N) is 5. The van der Waals surface area contributed by atoms with Crippen LogP contribution in [0.25, 0.3) is 6.08 Å². The Morgan fingerprint density at radius 3 is 2.65 bits per heavy atom.